The van der Waals surface area contributed by atoms with Crippen LogP contribution >= 0.6 is 0 Å². The van der Waals surface area contributed by atoms with E-state index in [0.29, 0.717) is 12.2 Å². The molecule has 0 heterocycles. The number of rotatable bonds is 6. The van der Waals surface area contributed by atoms with Crippen molar-refractivity contribution < 1.29 is 18.3 Å². The van der Waals surface area contributed by atoms with Crippen LogP contribution in [0.3, 0.4) is 0 Å². The second kappa shape index (κ2) is 6.29. The minimum atomic E-state index is -3.55. The van der Waals surface area contributed by atoms with E-state index in [2.05, 4.69) is 0 Å². The zero-order valence-corrected chi connectivity index (χ0v) is 11.6. The summed E-state index contributed by atoms with van der Waals surface area (Å²) >= 11 is 0. The Bertz CT molecular complexity index is 487. The van der Waals surface area contributed by atoms with Gasteiger partial charge in [0.05, 0.1) is 18.1 Å². The van der Waals surface area contributed by atoms with Crippen molar-refractivity contribution in [2.24, 2.45) is 0 Å². The molecule has 0 saturated heterocycles. The summed E-state index contributed by atoms with van der Waals surface area (Å²) in [6, 6.07) is 6.04. The second-order valence-electron chi connectivity index (χ2n) is 4.13. The van der Waals surface area contributed by atoms with Crippen molar-refractivity contribution in [1.82, 2.24) is 4.31 Å². The molecule has 0 aliphatic carbocycles. The number of hydrogen-bond acceptors (Lipinski definition) is 4. The van der Waals surface area contributed by atoms with Crippen molar-refractivity contribution in [3.63, 3.8) is 0 Å². The van der Waals surface area contributed by atoms with Gasteiger partial charge in [-0.1, -0.05) is 12.1 Å². The van der Waals surface area contributed by atoms with Crippen LogP contribution in [0.25, 0.3) is 0 Å². The van der Waals surface area contributed by atoms with E-state index >= 15 is 0 Å². The van der Waals surface area contributed by atoms with Gasteiger partial charge in [0.2, 0.25) is 10.0 Å². The average Bonchev–Trinajstić information content (AvgIpc) is 2.38. The molecule has 1 unspecified atom stereocenters. The highest BCUT2D eigenvalue weighted by Crippen LogP contribution is 2.18. The first-order chi connectivity index (χ1) is 8.43. The van der Waals surface area contributed by atoms with Gasteiger partial charge >= 0.3 is 0 Å². The maximum atomic E-state index is 12.3. The molecule has 0 fully saturated rings. The first kappa shape index (κ1) is 15.1. The fourth-order valence-electron chi connectivity index (χ4n) is 1.55. The molecule has 18 heavy (non-hydrogen) atoms. The fraction of sp³-hybridized carbons (Fsp3) is 0.500. The molecule has 1 rings (SSSR count). The molecule has 102 valence electrons. The third-order valence-corrected chi connectivity index (χ3v) is 4.75. The van der Waals surface area contributed by atoms with Crippen molar-refractivity contribution in [3.05, 3.63) is 29.8 Å². The van der Waals surface area contributed by atoms with Gasteiger partial charge < -0.3 is 9.84 Å². The Balaban J connectivity index is 3.05. The van der Waals surface area contributed by atoms with E-state index in [1.54, 1.807) is 19.1 Å². The number of ether oxygens (including phenoxy) is 1. The summed E-state index contributed by atoms with van der Waals surface area (Å²) in [6.45, 7) is 1.92. The van der Waals surface area contributed by atoms with E-state index in [-0.39, 0.29) is 17.5 Å². The average molecular weight is 273 g/mol. The van der Waals surface area contributed by atoms with Crippen LogP contribution in [0.15, 0.2) is 29.2 Å². The fourth-order valence-corrected chi connectivity index (χ4v) is 2.97. The van der Waals surface area contributed by atoms with E-state index in [0.717, 1.165) is 0 Å². The molecule has 1 aromatic rings. The highest BCUT2D eigenvalue weighted by atomic mass is 32.2. The molecule has 0 spiro atoms. The van der Waals surface area contributed by atoms with Crippen LogP contribution in [0, 0.1) is 0 Å². The largest absolute Gasteiger partial charge is 0.392 e. The van der Waals surface area contributed by atoms with E-state index in [9.17, 15) is 8.42 Å². The molecule has 0 aliphatic heterocycles. The number of aliphatic hydroxyl groups is 1. The van der Waals surface area contributed by atoms with Gasteiger partial charge in [0.1, 0.15) is 0 Å². The molecule has 0 radical (unpaired) electrons. The van der Waals surface area contributed by atoms with Crippen molar-refractivity contribution in [1.29, 1.82) is 0 Å². The quantitative estimate of drug-likeness (QED) is 0.834. The number of benzene rings is 1. The third kappa shape index (κ3) is 3.29. The standard InChI is InChI=1S/C12H19NO4S/c1-10(9-17-3)13(2)18(15,16)12-6-4-5-11(7-12)8-14/h4-7,10,14H,8-9H2,1-3H3. The summed E-state index contributed by atoms with van der Waals surface area (Å²) in [7, 11) is -0.501. The Morgan fingerprint density at radius 1 is 1.44 bits per heavy atom. The van der Waals surface area contributed by atoms with Gasteiger partial charge in [-0.2, -0.15) is 4.31 Å². The van der Waals surface area contributed by atoms with E-state index in [4.69, 9.17) is 9.84 Å². The van der Waals surface area contributed by atoms with Crippen LogP contribution in [-0.4, -0.2) is 44.6 Å². The van der Waals surface area contributed by atoms with Gasteiger partial charge in [0, 0.05) is 20.2 Å². The van der Waals surface area contributed by atoms with Gasteiger partial charge in [-0.05, 0) is 24.6 Å². The summed E-state index contributed by atoms with van der Waals surface area (Å²) in [5, 5.41) is 9.03. The molecule has 5 nitrogen and oxygen atoms in total. The maximum Gasteiger partial charge on any atom is 0.243 e. The van der Waals surface area contributed by atoms with Crippen molar-refractivity contribution in [3.8, 4) is 0 Å². The minimum Gasteiger partial charge on any atom is -0.392 e. The Labute approximate surface area is 108 Å². The SMILES string of the molecule is COCC(C)N(C)S(=O)(=O)c1cccc(CO)c1. The maximum absolute atomic E-state index is 12.3. The van der Waals surface area contributed by atoms with Crippen LogP contribution in [0.4, 0.5) is 0 Å². The summed E-state index contributed by atoms with van der Waals surface area (Å²) in [4.78, 5) is 0.180. The number of hydrogen-bond donors (Lipinski definition) is 1. The molecule has 0 saturated carbocycles. The molecule has 0 bridgehead atoms. The van der Waals surface area contributed by atoms with Gasteiger partial charge in [0.25, 0.3) is 0 Å². The highest BCUT2D eigenvalue weighted by Gasteiger charge is 2.25. The molecule has 0 amide bonds. The lowest BCUT2D eigenvalue weighted by Crippen LogP contribution is -2.37. The minimum absolute atomic E-state index is 0.180. The van der Waals surface area contributed by atoms with Crippen LogP contribution in [-0.2, 0) is 21.4 Å². The summed E-state index contributed by atoms with van der Waals surface area (Å²) in [5.41, 5.74) is 0.573. The van der Waals surface area contributed by atoms with Crippen LogP contribution in [0.5, 0.6) is 0 Å². The lowest BCUT2D eigenvalue weighted by Gasteiger charge is -2.23. The number of nitrogens with zero attached hydrogens (tertiary/aromatic N) is 1. The molecular weight excluding hydrogens is 254 g/mol. The van der Waals surface area contributed by atoms with Crippen LogP contribution in [0.2, 0.25) is 0 Å². The van der Waals surface area contributed by atoms with Gasteiger partial charge in [0.15, 0.2) is 0 Å². The van der Waals surface area contributed by atoms with E-state index < -0.39 is 10.0 Å². The predicted octanol–water partition coefficient (Wildman–Crippen LogP) is 0.834. The van der Waals surface area contributed by atoms with Crippen molar-refractivity contribution >= 4 is 10.0 Å². The van der Waals surface area contributed by atoms with Crippen LogP contribution in [0.1, 0.15) is 12.5 Å². The summed E-state index contributed by atoms with van der Waals surface area (Å²) < 4.78 is 30.8. The number of sulfonamides is 1. The molecule has 1 N–H and O–H groups in total. The molecule has 6 heteroatoms. The second-order valence-corrected chi connectivity index (χ2v) is 6.13. The van der Waals surface area contributed by atoms with Gasteiger partial charge in [-0.15, -0.1) is 0 Å². The van der Waals surface area contributed by atoms with Crippen LogP contribution < -0.4 is 0 Å². The Kier molecular flexibility index (Phi) is 5.28. The van der Waals surface area contributed by atoms with Crippen molar-refractivity contribution in [2.75, 3.05) is 20.8 Å². The lowest BCUT2D eigenvalue weighted by molar-refractivity contribution is 0.149. The summed E-state index contributed by atoms with van der Waals surface area (Å²) in [5.74, 6) is 0. The van der Waals surface area contributed by atoms with E-state index in [1.807, 2.05) is 0 Å². The van der Waals surface area contributed by atoms with E-state index in [1.165, 1.54) is 30.6 Å². The number of likely N-dealkylation sites (N-methyl/N-ethyl adjacent to an activating group) is 1. The molecule has 0 aromatic heterocycles. The molecule has 1 aromatic carbocycles. The monoisotopic (exact) mass is 273 g/mol. The third-order valence-electron chi connectivity index (χ3n) is 2.79. The smallest absolute Gasteiger partial charge is 0.243 e. The number of aliphatic hydroxyl groups excluding tert-OH is 1. The summed E-state index contributed by atoms with van der Waals surface area (Å²) in [6.07, 6.45) is 0. The molecule has 1 atom stereocenters. The lowest BCUT2D eigenvalue weighted by atomic mass is 10.2. The Hall–Kier alpha value is -0.950. The highest BCUT2D eigenvalue weighted by molar-refractivity contribution is 7.89. The van der Waals surface area contributed by atoms with Crippen molar-refractivity contribution in [2.45, 2.75) is 24.5 Å². The molecule has 0 aliphatic rings. The van der Waals surface area contributed by atoms with Gasteiger partial charge in [-0.25, -0.2) is 8.42 Å². The van der Waals surface area contributed by atoms with Gasteiger partial charge in [-0.3, -0.25) is 0 Å². The predicted molar refractivity (Wildman–Crippen MR) is 68.7 cm³/mol. The normalized spacial score (nSPS) is 13.8. The first-order valence-electron chi connectivity index (χ1n) is 5.60. The Morgan fingerprint density at radius 3 is 2.67 bits per heavy atom. The number of methoxy groups -OCH3 is 1. The zero-order valence-electron chi connectivity index (χ0n) is 10.8. The zero-order chi connectivity index (χ0) is 13.8. The Morgan fingerprint density at radius 2 is 2.11 bits per heavy atom. The molecular formula is C12H19NO4S. The topological polar surface area (TPSA) is 66.8 Å². The first-order valence-corrected chi connectivity index (χ1v) is 7.04.